The Morgan fingerprint density at radius 3 is 2.57 bits per heavy atom. The first-order valence-corrected chi connectivity index (χ1v) is 5.07. The summed E-state index contributed by atoms with van der Waals surface area (Å²) in [6, 6.07) is 0. The van der Waals surface area contributed by atoms with Gasteiger partial charge in [-0.2, -0.15) is 0 Å². The van der Waals surface area contributed by atoms with Crippen molar-refractivity contribution in [2.24, 2.45) is 5.92 Å². The summed E-state index contributed by atoms with van der Waals surface area (Å²) in [6.45, 7) is 9.92. The molecule has 0 rings (SSSR count). The summed E-state index contributed by atoms with van der Waals surface area (Å²) < 4.78 is 5.32. The molecule has 0 aliphatic rings. The van der Waals surface area contributed by atoms with Crippen molar-refractivity contribution in [1.29, 1.82) is 0 Å². The van der Waals surface area contributed by atoms with Crippen LogP contribution in [0.25, 0.3) is 0 Å². The quantitative estimate of drug-likeness (QED) is 0.622. The first-order valence-electron chi connectivity index (χ1n) is 5.07. The van der Waals surface area contributed by atoms with Crippen LogP contribution in [0.1, 0.15) is 40.0 Å². The Bertz CT molecular complexity index is 178. The molecule has 2 N–H and O–H groups in total. The van der Waals surface area contributed by atoms with Gasteiger partial charge in [-0.1, -0.05) is 13.5 Å². The number of nitrogens with one attached hydrogen (secondary N) is 1. The minimum atomic E-state index is -0.0479. The normalized spacial score (nSPS) is 13.8. The second-order valence-corrected chi connectivity index (χ2v) is 4.39. The molecule has 0 heterocycles. The largest absolute Gasteiger partial charge is 0.379 e. The molecule has 0 aromatic rings. The minimum Gasteiger partial charge on any atom is -0.379 e. The van der Waals surface area contributed by atoms with Gasteiger partial charge >= 0.3 is 0 Å². The molecule has 0 aromatic carbocycles. The Kier molecular flexibility index (Phi) is 5.81. The molecule has 0 unspecified atom stereocenters. The highest BCUT2D eigenvalue weighted by Crippen LogP contribution is 2.20. The maximum Gasteiger partial charge on any atom is 0.0622 e. The number of hydroxylamine groups is 1. The molecule has 0 aliphatic heterocycles. The molecule has 3 heteroatoms. The molecule has 0 aromatic heterocycles. The van der Waals surface area contributed by atoms with Gasteiger partial charge in [-0.05, 0) is 39.0 Å². The second-order valence-electron chi connectivity index (χ2n) is 4.39. The van der Waals surface area contributed by atoms with Crippen LogP contribution < -0.4 is 5.48 Å². The van der Waals surface area contributed by atoms with Gasteiger partial charge in [0.05, 0.1) is 5.60 Å². The van der Waals surface area contributed by atoms with Crippen LogP contribution in [0.2, 0.25) is 0 Å². The number of rotatable bonds is 7. The highest BCUT2D eigenvalue weighted by molar-refractivity contribution is 4.92. The molecule has 0 amide bonds. The molecule has 84 valence electrons. The lowest BCUT2D eigenvalue weighted by Crippen LogP contribution is -2.22. The van der Waals surface area contributed by atoms with Crippen LogP contribution in [0.5, 0.6) is 0 Å². The summed E-state index contributed by atoms with van der Waals surface area (Å²) in [6.07, 6.45) is 3.11. The van der Waals surface area contributed by atoms with E-state index >= 15 is 0 Å². The predicted octanol–water partition coefficient (Wildman–Crippen LogP) is 2.71. The highest BCUT2D eigenvalue weighted by atomic mass is 16.5. The minimum absolute atomic E-state index is 0.0479. The van der Waals surface area contributed by atoms with Crippen LogP contribution >= 0.6 is 0 Å². The lowest BCUT2D eigenvalue weighted by Gasteiger charge is -2.23. The van der Waals surface area contributed by atoms with Gasteiger partial charge in [0.15, 0.2) is 0 Å². The Labute approximate surface area is 87.1 Å². The Morgan fingerprint density at radius 1 is 1.57 bits per heavy atom. The Morgan fingerprint density at radius 2 is 2.14 bits per heavy atom. The fourth-order valence-corrected chi connectivity index (χ4v) is 1.22. The van der Waals surface area contributed by atoms with E-state index in [-0.39, 0.29) is 5.60 Å². The lowest BCUT2D eigenvalue weighted by molar-refractivity contribution is 0.0128. The molecule has 0 saturated heterocycles. The topological polar surface area (TPSA) is 41.5 Å². The molecule has 14 heavy (non-hydrogen) atoms. The molecule has 3 nitrogen and oxygen atoms in total. The van der Waals surface area contributed by atoms with Crippen LogP contribution in [0.3, 0.4) is 0 Å². The molecule has 0 aliphatic carbocycles. The van der Waals surface area contributed by atoms with Crippen molar-refractivity contribution in [2.75, 3.05) is 7.11 Å². The van der Waals surface area contributed by atoms with Crippen molar-refractivity contribution >= 4 is 0 Å². The number of methoxy groups -OCH3 is 1. The maximum absolute atomic E-state index is 8.64. The molecule has 0 radical (unpaired) electrons. The molecular weight excluding hydrogens is 178 g/mol. The fourth-order valence-electron chi connectivity index (χ4n) is 1.22. The van der Waals surface area contributed by atoms with Crippen LogP contribution in [0.15, 0.2) is 12.3 Å². The van der Waals surface area contributed by atoms with E-state index in [1.807, 2.05) is 6.92 Å². The van der Waals surface area contributed by atoms with Gasteiger partial charge in [-0.25, -0.2) is 0 Å². The average molecular weight is 201 g/mol. The maximum atomic E-state index is 8.64. The van der Waals surface area contributed by atoms with Crippen molar-refractivity contribution in [1.82, 2.24) is 5.48 Å². The van der Waals surface area contributed by atoms with Crippen molar-refractivity contribution in [3.63, 3.8) is 0 Å². The van der Waals surface area contributed by atoms with Crippen LogP contribution in [-0.4, -0.2) is 17.9 Å². The van der Waals surface area contributed by atoms with Gasteiger partial charge in [-0.3, -0.25) is 10.7 Å². The third-order valence-corrected chi connectivity index (χ3v) is 2.71. The molecule has 0 spiro atoms. The van der Waals surface area contributed by atoms with E-state index in [2.05, 4.69) is 25.9 Å². The Hall–Kier alpha value is -0.540. The molecule has 0 fully saturated rings. The number of allylic oxidation sites excluding steroid dienone is 1. The summed E-state index contributed by atoms with van der Waals surface area (Å²) >= 11 is 0. The zero-order valence-corrected chi connectivity index (χ0v) is 9.76. The van der Waals surface area contributed by atoms with Gasteiger partial charge in [0, 0.05) is 12.8 Å². The van der Waals surface area contributed by atoms with Crippen LogP contribution in [0, 0.1) is 5.92 Å². The van der Waals surface area contributed by atoms with Crippen molar-refractivity contribution in [3.05, 3.63) is 12.3 Å². The van der Waals surface area contributed by atoms with Gasteiger partial charge < -0.3 is 4.74 Å². The predicted molar refractivity (Wildman–Crippen MR) is 58.2 cm³/mol. The standard InChI is InChI=1S/C11H23NO2/c1-9(10(2)12-13)7-6-8-11(3,4)14-5/h9,12-13H,2,6-8H2,1,3-5H3/t9-/m1/s1. The van der Waals surface area contributed by atoms with Crippen LogP contribution in [0.4, 0.5) is 0 Å². The molecule has 0 saturated carbocycles. The van der Waals surface area contributed by atoms with E-state index in [0.717, 1.165) is 19.3 Å². The third-order valence-electron chi connectivity index (χ3n) is 2.71. The van der Waals surface area contributed by atoms with E-state index in [4.69, 9.17) is 9.94 Å². The summed E-state index contributed by atoms with van der Waals surface area (Å²) in [5.41, 5.74) is 2.73. The van der Waals surface area contributed by atoms with E-state index in [1.54, 1.807) is 7.11 Å². The zero-order valence-electron chi connectivity index (χ0n) is 9.76. The SMILES string of the molecule is C=C(NO)[C@H](C)CCCC(C)(C)OC. The second kappa shape index (κ2) is 6.04. The van der Waals surface area contributed by atoms with Gasteiger partial charge in [-0.15, -0.1) is 0 Å². The summed E-state index contributed by atoms with van der Waals surface area (Å²) in [7, 11) is 1.73. The average Bonchev–Trinajstić information content (AvgIpc) is 2.16. The fraction of sp³-hybridized carbons (Fsp3) is 0.818. The highest BCUT2D eigenvalue weighted by Gasteiger charge is 2.16. The van der Waals surface area contributed by atoms with Crippen LogP contribution in [-0.2, 0) is 4.74 Å². The number of hydrogen-bond donors (Lipinski definition) is 2. The van der Waals surface area contributed by atoms with Gasteiger partial charge in [0.2, 0.25) is 0 Å². The smallest absolute Gasteiger partial charge is 0.0622 e. The number of hydrogen-bond acceptors (Lipinski definition) is 3. The molecule has 0 bridgehead atoms. The first kappa shape index (κ1) is 13.5. The zero-order chi connectivity index (χ0) is 11.2. The lowest BCUT2D eigenvalue weighted by atomic mass is 9.95. The van der Waals surface area contributed by atoms with E-state index < -0.39 is 0 Å². The van der Waals surface area contributed by atoms with E-state index in [0.29, 0.717) is 11.6 Å². The summed E-state index contributed by atoms with van der Waals surface area (Å²) in [4.78, 5) is 0. The van der Waals surface area contributed by atoms with Crippen molar-refractivity contribution < 1.29 is 9.94 Å². The monoisotopic (exact) mass is 201 g/mol. The summed E-state index contributed by atoms with van der Waals surface area (Å²) in [5.74, 6) is 0.299. The van der Waals surface area contributed by atoms with Gasteiger partial charge in [0.25, 0.3) is 0 Å². The van der Waals surface area contributed by atoms with Gasteiger partial charge in [0.1, 0.15) is 0 Å². The Balaban J connectivity index is 3.69. The van der Waals surface area contributed by atoms with E-state index in [9.17, 15) is 0 Å². The summed E-state index contributed by atoms with van der Waals surface area (Å²) in [5, 5.41) is 8.64. The first-order chi connectivity index (χ1) is 6.43. The molecular formula is C11H23NO2. The number of ether oxygens (including phenoxy) is 1. The molecule has 1 atom stereocenters. The van der Waals surface area contributed by atoms with E-state index in [1.165, 1.54) is 0 Å². The third kappa shape index (κ3) is 5.25. The van der Waals surface area contributed by atoms with Crippen molar-refractivity contribution in [3.8, 4) is 0 Å². The van der Waals surface area contributed by atoms with Crippen molar-refractivity contribution in [2.45, 2.75) is 45.6 Å².